The van der Waals surface area contributed by atoms with Crippen LogP contribution in [0.25, 0.3) is 11.1 Å². The molecule has 178 valence electrons. The molecule has 1 aromatic carbocycles. The monoisotopic (exact) mass is 466 g/mol. The summed E-state index contributed by atoms with van der Waals surface area (Å²) in [6.07, 6.45) is 3.11. The van der Waals surface area contributed by atoms with Crippen molar-refractivity contribution < 1.29 is 18.7 Å². The molecule has 0 saturated carbocycles. The number of rotatable bonds is 6. The zero-order valence-electron chi connectivity index (χ0n) is 19.7. The summed E-state index contributed by atoms with van der Waals surface area (Å²) in [5, 5.41) is 12.3. The molecule has 3 heterocycles. The largest absolute Gasteiger partial charge is 0.395 e. The summed E-state index contributed by atoms with van der Waals surface area (Å²) in [6, 6.07) is 6.88. The average molecular weight is 467 g/mol. The van der Waals surface area contributed by atoms with Crippen LogP contribution in [0.4, 0.5) is 14.6 Å². The van der Waals surface area contributed by atoms with Crippen LogP contribution in [0.2, 0.25) is 0 Å². The molecule has 0 radical (unpaired) electrons. The lowest BCUT2D eigenvalue weighted by Gasteiger charge is -2.20. The van der Waals surface area contributed by atoms with Crippen molar-refractivity contribution in [3.8, 4) is 11.1 Å². The van der Waals surface area contributed by atoms with Gasteiger partial charge in [-0.1, -0.05) is 20.8 Å². The maximum Gasteiger partial charge on any atom is 0.254 e. The average Bonchev–Trinajstić information content (AvgIpc) is 3.11. The molecule has 1 atom stereocenters. The predicted octanol–water partition coefficient (Wildman–Crippen LogP) is 4.84. The topological polar surface area (TPSA) is 78.4 Å². The lowest BCUT2D eigenvalue weighted by molar-refractivity contribution is 0.0746. The molecule has 6 nitrogen and oxygen atoms in total. The minimum absolute atomic E-state index is 0.141. The van der Waals surface area contributed by atoms with Crippen molar-refractivity contribution in [2.24, 2.45) is 0 Å². The van der Waals surface area contributed by atoms with Crippen LogP contribution in [-0.4, -0.2) is 39.0 Å². The quantitative estimate of drug-likeness (QED) is 0.544. The van der Waals surface area contributed by atoms with E-state index in [1.165, 1.54) is 23.2 Å². The third-order valence-electron chi connectivity index (χ3n) is 6.04. The lowest BCUT2D eigenvalue weighted by Crippen LogP contribution is -2.26. The Morgan fingerprint density at radius 2 is 1.82 bits per heavy atom. The maximum absolute atomic E-state index is 15.2. The first-order valence-electron chi connectivity index (χ1n) is 11.2. The summed E-state index contributed by atoms with van der Waals surface area (Å²) in [6.45, 7) is 8.12. The van der Waals surface area contributed by atoms with Crippen LogP contribution in [0.1, 0.15) is 60.9 Å². The molecule has 0 bridgehead atoms. The second-order valence-corrected chi connectivity index (χ2v) is 9.54. The number of nitrogens with one attached hydrogen (secondary N) is 1. The number of hydrogen-bond acceptors (Lipinski definition) is 5. The van der Waals surface area contributed by atoms with Gasteiger partial charge in [0, 0.05) is 52.3 Å². The van der Waals surface area contributed by atoms with Crippen molar-refractivity contribution in [1.82, 2.24) is 14.9 Å². The van der Waals surface area contributed by atoms with Crippen molar-refractivity contribution in [1.29, 1.82) is 0 Å². The van der Waals surface area contributed by atoms with Gasteiger partial charge in [-0.3, -0.25) is 9.78 Å². The number of aromatic nitrogens is 2. The minimum Gasteiger partial charge on any atom is -0.395 e. The number of fused-ring (bicyclic) bond motifs is 1. The molecule has 1 aliphatic heterocycles. The van der Waals surface area contributed by atoms with E-state index in [9.17, 15) is 9.90 Å². The first-order valence-corrected chi connectivity index (χ1v) is 11.2. The van der Waals surface area contributed by atoms with Gasteiger partial charge in [0.25, 0.3) is 5.91 Å². The summed E-state index contributed by atoms with van der Waals surface area (Å²) < 4.78 is 30.3. The number of carbonyl (C=O) groups excluding carboxylic acids is 1. The van der Waals surface area contributed by atoms with Crippen LogP contribution in [0, 0.1) is 11.6 Å². The van der Waals surface area contributed by atoms with Gasteiger partial charge in [-0.05, 0) is 42.8 Å². The number of aliphatic hydroxyl groups is 1. The molecule has 1 amide bonds. The fraction of sp³-hybridized carbons (Fsp3) is 0.346. The lowest BCUT2D eigenvalue weighted by atomic mass is 9.89. The number of hydrogen-bond donors (Lipinski definition) is 2. The Labute approximate surface area is 197 Å². The van der Waals surface area contributed by atoms with Gasteiger partial charge in [0.05, 0.1) is 19.2 Å². The maximum atomic E-state index is 15.2. The second kappa shape index (κ2) is 9.10. The number of nitrogens with zero attached hydrogens (tertiary/aromatic N) is 3. The van der Waals surface area contributed by atoms with E-state index in [2.05, 4.69) is 15.3 Å². The number of amides is 1. The Balaban J connectivity index is 1.62. The van der Waals surface area contributed by atoms with E-state index in [0.717, 1.165) is 5.69 Å². The van der Waals surface area contributed by atoms with Gasteiger partial charge in [-0.2, -0.15) is 0 Å². The van der Waals surface area contributed by atoms with Gasteiger partial charge in [0.2, 0.25) is 0 Å². The smallest absolute Gasteiger partial charge is 0.254 e. The molecule has 4 rings (SSSR count). The van der Waals surface area contributed by atoms with Crippen LogP contribution in [0.5, 0.6) is 0 Å². The van der Waals surface area contributed by atoms with Crippen LogP contribution < -0.4 is 5.32 Å². The third-order valence-corrected chi connectivity index (χ3v) is 6.04. The Bertz CT molecular complexity index is 1240. The van der Waals surface area contributed by atoms with Crippen LogP contribution in [0.3, 0.4) is 0 Å². The molecule has 3 aromatic rings. The van der Waals surface area contributed by atoms with Gasteiger partial charge in [-0.25, -0.2) is 13.8 Å². The molecule has 8 heteroatoms. The Morgan fingerprint density at radius 1 is 1.09 bits per heavy atom. The van der Waals surface area contributed by atoms with E-state index in [-0.39, 0.29) is 35.6 Å². The van der Waals surface area contributed by atoms with Gasteiger partial charge in [0.1, 0.15) is 17.5 Å². The fourth-order valence-corrected chi connectivity index (χ4v) is 4.12. The number of halogens is 2. The Kier molecular flexibility index (Phi) is 6.36. The Hall–Kier alpha value is -3.39. The molecular formula is C26H28F2N4O2. The van der Waals surface area contributed by atoms with Crippen LogP contribution in [-0.2, 0) is 12.0 Å². The summed E-state index contributed by atoms with van der Waals surface area (Å²) in [7, 11) is 0. The third kappa shape index (κ3) is 4.50. The van der Waals surface area contributed by atoms with E-state index >= 15 is 8.78 Å². The molecule has 2 N–H and O–H groups in total. The van der Waals surface area contributed by atoms with E-state index in [1.54, 1.807) is 31.3 Å². The molecule has 2 aromatic heterocycles. The van der Waals surface area contributed by atoms with E-state index in [0.29, 0.717) is 29.1 Å². The van der Waals surface area contributed by atoms with Gasteiger partial charge >= 0.3 is 0 Å². The molecule has 0 spiro atoms. The number of pyridine rings is 2. The van der Waals surface area contributed by atoms with E-state index < -0.39 is 17.7 Å². The highest BCUT2D eigenvalue weighted by Crippen LogP contribution is 2.33. The van der Waals surface area contributed by atoms with Crippen molar-refractivity contribution >= 4 is 11.7 Å². The number of benzene rings is 1. The first-order chi connectivity index (χ1) is 16.1. The zero-order valence-corrected chi connectivity index (χ0v) is 19.7. The summed E-state index contributed by atoms with van der Waals surface area (Å²) >= 11 is 0. The minimum atomic E-state index is -0.605. The predicted molar refractivity (Wildman–Crippen MR) is 126 cm³/mol. The van der Waals surface area contributed by atoms with Crippen LogP contribution in [0.15, 0.2) is 42.7 Å². The SMILES string of the molecule is CC(Nc1nccc2c1CN(CCO)C2=O)c1cc(F)c(-c2ccnc(C(C)(C)C)c2)cc1F. The van der Waals surface area contributed by atoms with Crippen molar-refractivity contribution in [2.75, 3.05) is 18.5 Å². The zero-order chi connectivity index (χ0) is 24.6. The standard InChI is InChI=1S/C26H28F2N4O2/c1-15(31-24-20-14-32(9-10-33)25(34)17(20)6-8-30-24)18-12-22(28)19(13-21(18)27)16-5-7-29-23(11-16)26(2,3)4/h5-8,11-13,15,33H,9-10,14H2,1-4H3,(H,30,31). The van der Waals surface area contributed by atoms with Gasteiger partial charge in [0.15, 0.2) is 0 Å². The van der Waals surface area contributed by atoms with Crippen molar-refractivity contribution in [2.45, 2.75) is 45.7 Å². The van der Waals surface area contributed by atoms with E-state index in [1.807, 2.05) is 20.8 Å². The van der Waals surface area contributed by atoms with Crippen molar-refractivity contribution in [3.05, 3.63) is 76.7 Å². The highest BCUT2D eigenvalue weighted by molar-refractivity contribution is 5.99. The van der Waals surface area contributed by atoms with Gasteiger partial charge in [-0.15, -0.1) is 0 Å². The summed E-state index contributed by atoms with van der Waals surface area (Å²) in [4.78, 5) is 22.7. The molecular weight excluding hydrogens is 438 g/mol. The Morgan fingerprint density at radius 3 is 2.53 bits per heavy atom. The first kappa shape index (κ1) is 23.8. The molecule has 1 unspecified atom stereocenters. The number of β-amino-alcohol motifs (C(OH)–C–C–N with tert-alkyl or cyclic N) is 1. The normalized spacial score (nSPS) is 14.3. The molecule has 34 heavy (non-hydrogen) atoms. The molecule has 1 aliphatic rings. The van der Waals surface area contributed by atoms with Crippen LogP contribution >= 0.6 is 0 Å². The molecule has 0 saturated heterocycles. The summed E-state index contributed by atoms with van der Waals surface area (Å²) in [5.74, 6) is -0.829. The molecule has 0 aliphatic carbocycles. The highest BCUT2D eigenvalue weighted by Gasteiger charge is 2.30. The van der Waals surface area contributed by atoms with Crippen molar-refractivity contribution in [3.63, 3.8) is 0 Å². The number of carbonyl (C=O) groups is 1. The summed E-state index contributed by atoms with van der Waals surface area (Å²) in [5.41, 5.74) is 2.63. The number of aliphatic hydroxyl groups excluding tert-OH is 1. The fourth-order valence-electron chi connectivity index (χ4n) is 4.12. The highest BCUT2D eigenvalue weighted by atomic mass is 19.1. The van der Waals surface area contributed by atoms with E-state index in [4.69, 9.17) is 0 Å². The molecule has 0 fully saturated rings. The number of anilines is 1. The van der Waals surface area contributed by atoms with Gasteiger partial charge < -0.3 is 15.3 Å². The second-order valence-electron chi connectivity index (χ2n) is 9.54.